The maximum absolute atomic E-state index is 11.2. The molecule has 80 valence electrons. The van der Waals surface area contributed by atoms with Gasteiger partial charge in [-0.3, -0.25) is 4.79 Å². The number of rotatable bonds is 3. The molecular weight excluding hydrogens is 182 g/mol. The lowest BCUT2D eigenvalue weighted by Gasteiger charge is -2.35. The molecule has 0 aromatic carbocycles. The van der Waals surface area contributed by atoms with E-state index >= 15 is 0 Å². The van der Waals surface area contributed by atoms with Gasteiger partial charge in [0, 0.05) is 39.6 Å². The summed E-state index contributed by atoms with van der Waals surface area (Å²) in [5, 5.41) is 10.1. The molecule has 1 amide bonds. The van der Waals surface area contributed by atoms with Gasteiger partial charge in [0.2, 0.25) is 5.91 Å². The number of hydrogen-bond acceptors (Lipinski definition) is 3. The van der Waals surface area contributed by atoms with Crippen LogP contribution in [-0.2, 0) is 9.53 Å². The number of nitrogens with zero attached hydrogens (tertiary/aromatic N) is 1. The van der Waals surface area contributed by atoms with Gasteiger partial charge < -0.3 is 14.7 Å². The van der Waals surface area contributed by atoms with Crippen LogP contribution in [0.3, 0.4) is 0 Å². The van der Waals surface area contributed by atoms with E-state index in [1.807, 2.05) is 0 Å². The molecule has 1 N–H and O–H groups in total. The molecule has 1 rings (SSSR count). The molecule has 14 heavy (non-hydrogen) atoms. The topological polar surface area (TPSA) is 49.8 Å². The zero-order valence-electron chi connectivity index (χ0n) is 8.53. The van der Waals surface area contributed by atoms with Crippen LogP contribution >= 0.6 is 0 Å². The van der Waals surface area contributed by atoms with Crippen molar-refractivity contribution < 1.29 is 14.6 Å². The molecule has 0 atom stereocenters. The Morgan fingerprint density at radius 2 is 2.21 bits per heavy atom. The summed E-state index contributed by atoms with van der Waals surface area (Å²) in [6.45, 7) is 4.87. The van der Waals surface area contributed by atoms with E-state index in [9.17, 15) is 9.90 Å². The van der Waals surface area contributed by atoms with Gasteiger partial charge in [-0.25, -0.2) is 0 Å². The fourth-order valence-electron chi connectivity index (χ4n) is 1.58. The molecule has 0 unspecified atom stereocenters. The summed E-state index contributed by atoms with van der Waals surface area (Å²) < 4.78 is 5.15. The van der Waals surface area contributed by atoms with Crippen molar-refractivity contribution in [3.63, 3.8) is 0 Å². The molecule has 4 heteroatoms. The van der Waals surface area contributed by atoms with Crippen LogP contribution in [0.25, 0.3) is 0 Å². The van der Waals surface area contributed by atoms with Crippen LogP contribution in [0, 0.1) is 0 Å². The Bertz CT molecular complexity index is 221. The second-order valence-electron chi connectivity index (χ2n) is 3.74. The molecule has 0 aromatic heterocycles. The van der Waals surface area contributed by atoms with Gasteiger partial charge in [-0.15, -0.1) is 0 Å². The van der Waals surface area contributed by atoms with Gasteiger partial charge in [0.25, 0.3) is 0 Å². The molecule has 1 fully saturated rings. The number of hydrogen-bond donors (Lipinski definition) is 1. The van der Waals surface area contributed by atoms with E-state index in [2.05, 4.69) is 6.58 Å². The summed E-state index contributed by atoms with van der Waals surface area (Å²) in [5.41, 5.74) is -0.786. The van der Waals surface area contributed by atoms with Crippen LogP contribution in [0.2, 0.25) is 0 Å². The third-order valence-corrected chi connectivity index (χ3v) is 2.51. The van der Waals surface area contributed by atoms with Crippen LogP contribution in [0.4, 0.5) is 0 Å². The van der Waals surface area contributed by atoms with Gasteiger partial charge in [0.05, 0.1) is 5.60 Å². The van der Waals surface area contributed by atoms with E-state index < -0.39 is 5.60 Å². The lowest BCUT2D eigenvalue weighted by Crippen LogP contribution is -2.47. The van der Waals surface area contributed by atoms with Crippen molar-refractivity contribution in [1.29, 1.82) is 0 Å². The van der Waals surface area contributed by atoms with E-state index in [1.165, 1.54) is 11.0 Å². The molecule has 1 aliphatic heterocycles. The highest BCUT2D eigenvalue weighted by atomic mass is 16.5. The van der Waals surface area contributed by atoms with Gasteiger partial charge in [0.1, 0.15) is 0 Å². The fraction of sp³-hybridized carbons (Fsp3) is 0.700. The quantitative estimate of drug-likeness (QED) is 0.659. The summed E-state index contributed by atoms with van der Waals surface area (Å²) in [4.78, 5) is 12.7. The van der Waals surface area contributed by atoms with Crippen LogP contribution in [0.15, 0.2) is 12.7 Å². The van der Waals surface area contributed by atoms with Gasteiger partial charge in [-0.2, -0.15) is 0 Å². The SMILES string of the molecule is C=CC(=O)N(C)CC1(O)CCOCC1. The van der Waals surface area contributed by atoms with E-state index in [0.717, 1.165) is 0 Å². The standard InChI is InChI=1S/C10H17NO3/c1-3-9(12)11(2)8-10(13)4-6-14-7-5-10/h3,13H,1,4-8H2,2H3. The van der Waals surface area contributed by atoms with Crippen molar-refractivity contribution >= 4 is 5.91 Å². The van der Waals surface area contributed by atoms with Gasteiger partial charge in [-0.05, 0) is 6.08 Å². The zero-order chi connectivity index (χ0) is 10.6. The summed E-state index contributed by atoms with van der Waals surface area (Å²) in [5.74, 6) is -0.162. The largest absolute Gasteiger partial charge is 0.388 e. The minimum atomic E-state index is -0.786. The Hall–Kier alpha value is -0.870. The van der Waals surface area contributed by atoms with E-state index in [1.54, 1.807) is 7.05 Å². The van der Waals surface area contributed by atoms with Crippen molar-refractivity contribution in [2.24, 2.45) is 0 Å². The Morgan fingerprint density at radius 3 is 2.71 bits per heavy atom. The monoisotopic (exact) mass is 199 g/mol. The van der Waals surface area contributed by atoms with Crippen LogP contribution in [-0.4, -0.2) is 48.3 Å². The zero-order valence-corrected chi connectivity index (χ0v) is 8.53. The Balaban J connectivity index is 2.48. The predicted octanol–water partition coefficient (Wildman–Crippen LogP) is 0.172. The Labute approximate surface area is 84.2 Å². The lowest BCUT2D eigenvalue weighted by molar-refractivity contribution is -0.131. The number of carbonyl (C=O) groups excluding carboxylic acids is 1. The molecule has 0 aliphatic carbocycles. The maximum Gasteiger partial charge on any atom is 0.245 e. The fourth-order valence-corrected chi connectivity index (χ4v) is 1.58. The number of likely N-dealkylation sites (N-methyl/N-ethyl adjacent to an activating group) is 1. The maximum atomic E-state index is 11.2. The number of carbonyl (C=O) groups is 1. The predicted molar refractivity (Wildman–Crippen MR) is 52.8 cm³/mol. The molecule has 0 saturated carbocycles. The van der Waals surface area contributed by atoms with Crippen molar-refractivity contribution in [1.82, 2.24) is 4.90 Å². The highest BCUT2D eigenvalue weighted by molar-refractivity contribution is 5.86. The molecule has 4 nitrogen and oxygen atoms in total. The first-order valence-electron chi connectivity index (χ1n) is 4.75. The second-order valence-corrected chi connectivity index (χ2v) is 3.74. The van der Waals surface area contributed by atoms with Crippen molar-refractivity contribution in [2.75, 3.05) is 26.8 Å². The third kappa shape index (κ3) is 2.82. The summed E-state index contributed by atoms with van der Waals surface area (Å²) in [7, 11) is 1.66. The Morgan fingerprint density at radius 1 is 1.64 bits per heavy atom. The lowest BCUT2D eigenvalue weighted by atomic mass is 9.94. The molecule has 0 aromatic rings. The van der Waals surface area contributed by atoms with Gasteiger partial charge in [0.15, 0.2) is 0 Å². The van der Waals surface area contributed by atoms with Crippen LogP contribution < -0.4 is 0 Å². The summed E-state index contributed by atoms with van der Waals surface area (Å²) in [6.07, 6.45) is 2.42. The smallest absolute Gasteiger partial charge is 0.245 e. The van der Waals surface area contributed by atoms with Gasteiger partial charge in [-0.1, -0.05) is 6.58 Å². The highest BCUT2D eigenvalue weighted by Crippen LogP contribution is 2.21. The molecule has 1 heterocycles. The second kappa shape index (κ2) is 4.57. The number of ether oxygens (including phenoxy) is 1. The molecule has 1 saturated heterocycles. The third-order valence-electron chi connectivity index (χ3n) is 2.51. The molecular formula is C10H17NO3. The van der Waals surface area contributed by atoms with Crippen LogP contribution in [0.5, 0.6) is 0 Å². The van der Waals surface area contributed by atoms with Crippen molar-refractivity contribution in [2.45, 2.75) is 18.4 Å². The molecule has 0 bridgehead atoms. The average molecular weight is 199 g/mol. The molecule has 0 radical (unpaired) electrons. The number of amides is 1. The first-order valence-corrected chi connectivity index (χ1v) is 4.75. The summed E-state index contributed by atoms with van der Waals surface area (Å²) in [6, 6.07) is 0. The first kappa shape index (κ1) is 11.2. The van der Waals surface area contributed by atoms with Crippen molar-refractivity contribution in [3.8, 4) is 0 Å². The number of aliphatic hydroxyl groups is 1. The van der Waals surface area contributed by atoms with E-state index in [0.29, 0.717) is 32.6 Å². The van der Waals surface area contributed by atoms with Crippen LogP contribution in [0.1, 0.15) is 12.8 Å². The minimum absolute atomic E-state index is 0.162. The van der Waals surface area contributed by atoms with Crippen molar-refractivity contribution in [3.05, 3.63) is 12.7 Å². The molecule has 1 aliphatic rings. The summed E-state index contributed by atoms with van der Waals surface area (Å²) >= 11 is 0. The first-order chi connectivity index (χ1) is 6.57. The van der Waals surface area contributed by atoms with Gasteiger partial charge >= 0.3 is 0 Å². The Kier molecular flexibility index (Phi) is 3.66. The highest BCUT2D eigenvalue weighted by Gasteiger charge is 2.31. The average Bonchev–Trinajstić information content (AvgIpc) is 2.17. The minimum Gasteiger partial charge on any atom is -0.388 e. The normalized spacial score (nSPS) is 20.1. The van der Waals surface area contributed by atoms with E-state index in [4.69, 9.17) is 4.74 Å². The molecule has 0 spiro atoms. The van der Waals surface area contributed by atoms with E-state index in [-0.39, 0.29) is 5.91 Å².